The van der Waals surface area contributed by atoms with Gasteiger partial charge in [-0.05, 0) is 55.6 Å². The lowest BCUT2D eigenvalue weighted by Crippen LogP contribution is -2.30. The normalized spacial score (nSPS) is 12.3. The first-order chi connectivity index (χ1) is 12.7. The van der Waals surface area contributed by atoms with Crippen molar-refractivity contribution in [2.24, 2.45) is 0 Å². The van der Waals surface area contributed by atoms with Crippen molar-refractivity contribution in [2.45, 2.75) is 12.6 Å². The summed E-state index contributed by atoms with van der Waals surface area (Å²) in [5.41, 5.74) is 3.56. The molecule has 0 fully saturated rings. The summed E-state index contributed by atoms with van der Waals surface area (Å²) in [6, 6.07) is 18.9. The van der Waals surface area contributed by atoms with Crippen LogP contribution >= 0.6 is 0 Å². The standard InChI is InChI=1S/C21H26N4O/c1-24(2)16-21(18-8-10-20(26-3)11-9-18)22-15-17-6-4-7-19(14-17)25-13-5-12-23-25/h4-14,21-22H,15-16H2,1-3H3. The largest absolute Gasteiger partial charge is 0.497 e. The van der Waals surface area contributed by atoms with Gasteiger partial charge in [0.1, 0.15) is 5.75 Å². The molecule has 5 heteroatoms. The maximum absolute atomic E-state index is 5.27. The van der Waals surface area contributed by atoms with Crippen molar-refractivity contribution in [1.29, 1.82) is 0 Å². The van der Waals surface area contributed by atoms with Crippen LogP contribution in [0.5, 0.6) is 5.75 Å². The number of hydrogen-bond donors (Lipinski definition) is 1. The maximum Gasteiger partial charge on any atom is 0.118 e. The fourth-order valence-corrected chi connectivity index (χ4v) is 2.96. The van der Waals surface area contributed by atoms with Crippen LogP contribution in [0.4, 0.5) is 0 Å². The maximum atomic E-state index is 5.27. The van der Waals surface area contributed by atoms with Gasteiger partial charge >= 0.3 is 0 Å². The topological polar surface area (TPSA) is 42.3 Å². The van der Waals surface area contributed by atoms with E-state index in [9.17, 15) is 0 Å². The Morgan fingerprint density at radius 1 is 1.12 bits per heavy atom. The number of ether oxygens (including phenoxy) is 1. The predicted octanol–water partition coefficient (Wildman–Crippen LogP) is 3.27. The molecule has 5 nitrogen and oxygen atoms in total. The second kappa shape index (κ2) is 8.65. The third-order valence-corrected chi connectivity index (χ3v) is 4.30. The highest BCUT2D eigenvalue weighted by Crippen LogP contribution is 2.19. The van der Waals surface area contributed by atoms with Crippen LogP contribution in [0.3, 0.4) is 0 Å². The molecule has 0 saturated heterocycles. The van der Waals surface area contributed by atoms with Crippen LogP contribution in [0.1, 0.15) is 17.2 Å². The van der Waals surface area contributed by atoms with E-state index in [0.29, 0.717) is 0 Å². The fraction of sp³-hybridized carbons (Fsp3) is 0.286. The molecule has 0 spiro atoms. The molecule has 0 saturated carbocycles. The van der Waals surface area contributed by atoms with Crippen molar-refractivity contribution in [3.63, 3.8) is 0 Å². The Bertz CT molecular complexity index is 797. The monoisotopic (exact) mass is 350 g/mol. The van der Waals surface area contributed by atoms with Crippen molar-refractivity contribution in [2.75, 3.05) is 27.7 Å². The van der Waals surface area contributed by atoms with E-state index in [-0.39, 0.29) is 6.04 Å². The van der Waals surface area contributed by atoms with Crippen molar-refractivity contribution in [3.8, 4) is 11.4 Å². The minimum Gasteiger partial charge on any atom is -0.497 e. The zero-order chi connectivity index (χ0) is 18.4. The number of hydrogen-bond acceptors (Lipinski definition) is 4. The first-order valence-electron chi connectivity index (χ1n) is 8.77. The number of benzene rings is 2. The molecule has 0 aliphatic rings. The number of likely N-dealkylation sites (N-methyl/N-ethyl adjacent to an activating group) is 1. The molecule has 0 radical (unpaired) electrons. The van der Waals surface area contributed by atoms with Gasteiger partial charge in [0.25, 0.3) is 0 Å². The SMILES string of the molecule is COc1ccc(C(CN(C)C)NCc2cccc(-n3cccn3)c2)cc1. The average Bonchev–Trinajstić information content (AvgIpc) is 3.20. The molecule has 1 atom stereocenters. The fourth-order valence-electron chi connectivity index (χ4n) is 2.96. The number of nitrogens with one attached hydrogen (secondary N) is 1. The lowest BCUT2D eigenvalue weighted by Gasteiger charge is -2.23. The molecule has 0 bridgehead atoms. The van der Waals surface area contributed by atoms with E-state index < -0.39 is 0 Å². The van der Waals surface area contributed by atoms with E-state index in [0.717, 1.165) is 24.5 Å². The van der Waals surface area contributed by atoms with Crippen LogP contribution in [0.2, 0.25) is 0 Å². The zero-order valence-corrected chi connectivity index (χ0v) is 15.6. The van der Waals surface area contributed by atoms with Gasteiger partial charge in [0.15, 0.2) is 0 Å². The van der Waals surface area contributed by atoms with Crippen LogP contribution in [-0.4, -0.2) is 42.4 Å². The molecule has 1 aromatic heterocycles. The molecule has 26 heavy (non-hydrogen) atoms. The Balaban J connectivity index is 1.72. The summed E-state index contributed by atoms with van der Waals surface area (Å²) < 4.78 is 7.15. The first kappa shape index (κ1) is 18.2. The second-order valence-electron chi connectivity index (χ2n) is 6.59. The van der Waals surface area contributed by atoms with Gasteiger partial charge in [-0.3, -0.25) is 0 Å². The lowest BCUT2D eigenvalue weighted by molar-refractivity contribution is 0.340. The summed E-state index contributed by atoms with van der Waals surface area (Å²) in [6.07, 6.45) is 3.75. The third-order valence-electron chi connectivity index (χ3n) is 4.30. The minimum atomic E-state index is 0.240. The van der Waals surface area contributed by atoms with Crippen LogP contribution in [0.25, 0.3) is 5.69 Å². The minimum absolute atomic E-state index is 0.240. The van der Waals surface area contributed by atoms with Crippen LogP contribution < -0.4 is 10.1 Å². The molecule has 3 rings (SSSR count). The van der Waals surface area contributed by atoms with Gasteiger partial charge in [0.05, 0.1) is 12.8 Å². The highest BCUT2D eigenvalue weighted by atomic mass is 16.5. The molecular weight excluding hydrogens is 324 g/mol. The van der Waals surface area contributed by atoms with Crippen LogP contribution in [0, 0.1) is 0 Å². The summed E-state index contributed by atoms with van der Waals surface area (Å²) >= 11 is 0. The van der Waals surface area contributed by atoms with Crippen molar-refractivity contribution < 1.29 is 4.74 Å². The quantitative estimate of drug-likeness (QED) is 0.677. The van der Waals surface area contributed by atoms with Gasteiger partial charge in [0.2, 0.25) is 0 Å². The number of nitrogens with zero attached hydrogens (tertiary/aromatic N) is 3. The van der Waals surface area contributed by atoms with Crippen molar-refractivity contribution in [3.05, 3.63) is 78.1 Å². The molecule has 0 aliphatic carbocycles. The van der Waals surface area contributed by atoms with E-state index in [4.69, 9.17) is 4.74 Å². The predicted molar refractivity (Wildman–Crippen MR) is 105 cm³/mol. The number of methoxy groups -OCH3 is 1. The molecular formula is C21H26N4O. The second-order valence-corrected chi connectivity index (χ2v) is 6.59. The van der Waals surface area contributed by atoms with E-state index >= 15 is 0 Å². The Hall–Kier alpha value is -2.63. The number of rotatable bonds is 8. The molecule has 136 valence electrons. The first-order valence-corrected chi connectivity index (χ1v) is 8.77. The Morgan fingerprint density at radius 3 is 2.58 bits per heavy atom. The van der Waals surface area contributed by atoms with Crippen molar-refractivity contribution in [1.82, 2.24) is 20.0 Å². The summed E-state index contributed by atoms with van der Waals surface area (Å²) in [6.45, 7) is 1.71. The van der Waals surface area contributed by atoms with E-state index in [2.05, 4.69) is 65.8 Å². The third kappa shape index (κ3) is 4.71. The Morgan fingerprint density at radius 2 is 1.92 bits per heavy atom. The van der Waals surface area contributed by atoms with Crippen molar-refractivity contribution >= 4 is 0 Å². The van der Waals surface area contributed by atoms with Gasteiger partial charge in [-0.2, -0.15) is 5.10 Å². The lowest BCUT2D eigenvalue weighted by atomic mass is 10.1. The van der Waals surface area contributed by atoms with Crippen LogP contribution in [0.15, 0.2) is 67.0 Å². The van der Waals surface area contributed by atoms with Gasteiger partial charge in [0, 0.05) is 31.5 Å². The Kier molecular flexibility index (Phi) is 6.04. The highest BCUT2D eigenvalue weighted by Gasteiger charge is 2.12. The highest BCUT2D eigenvalue weighted by molar-refractivity contribution is 5.35. The molecule has 0 amide bonds. The van der Waals surface area contributed by atoms with Gasteiger partial charge in [-0.1, -0.05) is 24.3 Å². The summed E-state index contributed by atoms with van der Waals surface area (Å²) in [4.78, 5) is 2.20. The summed E-state index contributed by atoms with van der Waals surface area (Å²) in [7, 11) is 5.88. The zero-order valence-electron chi connectivity index (χ0n) is 15.6. The van der Waals surface area contributed by atoms with Crippen LogP contribution in [-0.2, 0) is 6.54 Å². The summed E-state index contributed by atoms with van der Waals surface area (Å²) in [5.74, 6) is 0.879. The van der Waals surface area contributed by atoms with E-state index in [1.807, 2.05) is 29.1 Å². The molecule has 2 aromatic carbocycles. The average molecular weight is 350 g/mol. The molecule has 1 unspecified atom stereocenters. The molecule has 0 aliphatic heterocycles. The Labute approximate surface area is 155 Å². The molecule has 1 N–H and O–H groups in total. The van der Waals surface area contributed by atoms with Gasteiger partial charge in [-0.15, -0.1) is 0 Å². The number of aromatic nitrogens is 2. The van der Waals surface area contributed by atoms with Gasteiger partial charge < -0.3 is 15.0 Å². The van der Waals surface area contributed by atoms with Gasteiger partial charge in [-0.25, -0.2) is 4.68 Å². The molecule has 3 aromatic rings. The van der Waals surface area contributed by atoms with E-state index in [1.54, 1.807) is 13.3 Å². The molecule has 1 heterocycles. The smallest absolute Gasteiger partial charge is 0.118 e. The summed E-state index contributed by atoms with van der Waals surface area (Å²) in [5, 5.41) is 7.99. The van der Waals surface area contributed by atoms with E-state index in [1.165, 1.54) is 11.1 Å².